The lowest BCUT2D eigenvalue weighted by molar-refractivity contribution is -0.120. The number of carbonyl (C=O) groups is 2. The predicted octanol–water partition coefficient (Wildman–Crippen LogP) is 2.73. The van der Waals surface area contributed by atoms with Crippen molar-refractivity contribution >= 4 is 23.2 Å². The molecule has 2 N–H and O–H groups in total. The van der Waals surface area contributed by atoms with Crippen LogP contribution >= 0.6 is 0 Å². The Hall–Kier alpha value is -4.03. The molecule has 2 aromatic carbocycles. The highest BCUT2D eigenvalue weighted by Gasteiger charge is 2.42. The van der Waals surface area contributed by atoms with Gasteiger partial charge in [0, 0.05) is 58.0 Å². The molecule has 1 fully saturated rings. The first-order valence-corrected chi connectivity index (χ1v) is 13.9. The number of hydrogen-bond donors (Lipinski definition) is 2. The number of carbonyl (C=O) groups excluding carboxylic acids is 2. The minimum Gasteiger partial charge on any atom is -0.508 e. The van der Waals surface area contributed by atoms with Crippen LogP contribution in [0.3, 0.4) is 0 Å². The van der Waals surface area contributed by atoms with Gasteiger partial charge in [-0.25, -0.2) is 4.79 Å². The molecule has 0 aliphatic carbocycles. The summed E-state index contributed by atoms with van der Waals surface area (Å²) in [7, 11) is 1.69. The molecule has 1 aliphatic rings. The standard InChI is InChI=1S/C21H32N6O3.C8H9NO2/c1-4-19(28)27(18-9-7-6-8-10-18)21(17-30-3)11-13-24(14-12-21)15-16-26-20(29)25(5-2)22-23-26;1-6(10)9-7-2-4-8(11)5-3-7/h6-10H,4-5,11-17H2,1-3H3;2-5,11H,1H3,(H,9,10). The van der Waals surface area contributed by atoms with Gasteiger partial charge in [0.15, 0.2) is 0 Å². The van der Waals surface area contributed by atoms with E-state index >= 15 is 0 Å². The zero-order valence-corrected chi connectivity index (χ0v) is 24.3. The van der Waals surface area contributed by atoms with Crippen molar-refractivity contribution in [1.29, 1.82) is 0 Å². The van der Waals surface area contributed by atoms with E-state index in [9.17, 15) is 14.4 Å². The lowest BCUT2D eigenvalue weighted by Gasteiger charge is -2.48. The number of tetrazole rings is 1. The lowest BCUT2D eigenvalue weighted by Crippen LogP contribution is -2.60. The lowest BCUT2D eigenvalue weighted by atomic mass is 9.85. The number of likely N-dealkylation sites (tertiary alicyclic amines) is 1. The summed E-state index contributed by atoms with van der Waals surface area (Å²) in [5, 5.41) is 19.3. The molecule has 1 aliphatic heterocycles. The second-order valence-electron chi connectivity index (χ2n) is 9.95. The molecule has 4 rings (SSSR count). The molecule has 12 nitrogen and oxygen atoms in total. The fourth-order valence-electron chi connectivity index (χ4n) is 4.94. The van der Waals surface area contributed by atoms with Crippen LogP contribution in [0.1, 0.15) is 40.0 Å². The van der Waals surface area contributed by atoms with Crippen LogP contribution in [0.2, 0.25) is 0 Å². The molecule has 0 bridgehead atoms. The number of anilines is 2. The Labute approximate surface area is 240 Å². The summed E-state index contributed by atoms with van der Waals surface area (Å²) in [4.78, 5) is 39.9. The van der Waals surface area contributed by atoms with E-state index in [0.717, 1.165) is 38.2 Å². The molecule has 0 atom stereocenters. The predicted molar refractivity (Wildman–Crippen MR) is 157 cm³/mol. The monoisotopic (exact) mass is 567 g/mol. The molecule has 0 unspecified atom stereocenters. The molecule has 41 heavy (non-hydrogen) atoms. The van der Waals surface area contributed by atoms with Gasteiger partial charge >= 0.3 is 5.69 Å². The number of aromatic hydroxyl groups is 1. The van der Waals surface area contributed by atoms with Crippen LogP contribution in [-0.4, -0.2) is 80.5 Å². The first kappa shape index (κ1) is 31.5. The zero-order chi connectivity index (χ0) is 29.8. The molecule has 222 valence electrons. The smallest absolute Gasteiger partial charge is 0.363 e. The van der Waals surface area contributed by atoms with Gasteiger partial charge in [-0.3, -0.25) is 9.59 Å². The van der Waals surface area contributed by atoms with E-state index in [2.05, 4.69) is 20.6 Å². The van der Waals surface area contributed by atoms with Crippen molar-refractivity contribution in [3.05, 3.63) is 65.1 Å². The Morgan fingerprint density at radius 3 is 2.17 bits per heavy atom. The molecule has 2 heterocycles. The van der Waals surface area contributed by atoms with Gasteiger partial charge in [-0.2, -0.15) is 9.36 Å². The molecule has 12 heteroatoms. The van der Waals surface area contributed by atoms with Crippen molar-refractivity contribution in [1.82, 2.24) is 24.7 Å². The normalized spacial score (nSPS) is 14.5. The van der Waals surface area contributed by atoms with Gasteiger partial charge < -0.3 is 25.0 Å². The van der Waals surface area contributed by atoms with E-state index in [1.165, 1.54) is 28.4 Å². The van der Waals surface area contributed by atoms with Gasteiger partial charge in [-0.1, -0.05) is 25.1 Å². The largest absolute Gasteiger partial charge is 0.508 e. The highest BCUT2D eigenvalue weighted by molar-refractivity contribution is 5.94. The summed E-state index contributed by atoms with van der Waals surface area (Å²) in [5.41, 5.74) is 1.06. The number of phenolic OH excluding ortho intramolecular Hbond substituents is 1. The van der Waals surface area contributed by atoms with Crippen molar-refractivity contribution in [2.24, 2.45) is 0 Å². The molecule has 1 saturated heterocycles. The molecule has 3 aromatic rings. The summed E-state index contributed by atoms with van der Waals surface area (Å²) < 4.78 is 8.37. The fraction of sp³-hybridized carbons (Fsp3) is 0.483. The minimum atomic E-state index is -0.373. The average Bonchev–Trinajstić information content (AvgIpc) is 3.34. The van der Waals surface area contributed by atoms with Crippen LogP contribution in [0.5, 0.6) is 5.75 Å². The van der Waals surface area contributed by atoms with Crippen LogP contribution in [0, 0.1) is 0 Å². The maximum Gasteiger partial charge on any atom is 0.363 e. The van der Waals surface area contributed by atoms with Crippen molar-refractivity contribution in [3.63, 3.8) is 0 Å². The SMILES string of the molecule is CC(=O)Nc1ccc(O)cc1.CCC(=O)N(c1ccccc1)C1(COC)CCN(CCn2nnn(CC)c2=O)CC1. The quantitative estimate of drug-likeness (QED) is 0.357. The average molecular weight is 568 g/mol. The number of para-hydroxylation sites is 1. The maximum atomic E-state index is 13.0. The summed E-state index contributed by atoms with van der Waals surface area (Å²) in [6.07, 6.45) is 2.05. The number of methoxy groups -OCH3 is 1. The van der Waals surface area contributed by atoms with Crippen LogP contribution in [0.4, 0.5) is 11.4 Å². The van der Waals surface area contributed by atoms with Crippen LogP contribution in [-0.2, 0) is 27.4 Å². The maximum absolute atomic E-state index is 13.0. The second kappa shape index (κ2) is 15.1. The molecule has 0 radical (unpaired) electrons. The van der Waals surface area contributed by atoms with Gasteiger partial charge in [0.25, 0.3) is 0 Å². The number of nitrogens with zero attached hydrogens (tertiary/aromatic N) is 6. The fourth-order valence-corrected chi connectivity index (χ4v) is 4.94. The zero-order valence-electron chi connectivity index (χ0n) is 24.3. The van der Waals surface area contributed by atoms with E-state index in [1.807, 2.05) is 49.1 Å². The number of phenols is 1. The Bertz CT molecular complexity index is 1300. The summed E-state index contributed by atoms with van der Waals surface area (Å²) in [6.45, 7) is 9.08. The van der Waals surface area contributed by atoms with Gasteiger partial charge in [0.2, 0.25) is 11.8 Å². The molecule has 0 saturated carbocycles. The number of nitrogens with one attached hydrogen (secondary N) is 1. The molecule has 0 spiro atoms. The molecular formula is C29H41N7O5. The third-order valence-corrected chi connectivity index (χ3v) is 7.05. The first-order valence-electron chi connectivity index (χ1n) is 13.9. The van der Waals surface area contributed by atoms with Crippen molar-refractivity contribution in [2.45, 2.75) is 58.7 Å². The number of ether oxygens (including phenoxy) is 1. The van der Waals surface area contributed by atoms with E-state index in [1.54, 1.807) is 19.2 Å². The van der Waals surface area contributed by atoms with Gasteiger partial charge in [-0.05, 0) is 66.6 Å². The summed E-state index contributed by atoms with van der Waals surface area (Å²) in [6, 6.07) is 16.2. The summed E-state index contributed by atoms with van der Waals surface area (Å²) >= 11 is 0. The number of benzene rings is 2. The molecular weight excluding hydrogens is 526 g/mol. The second-order valence-corrected chi connectivity index (χ2v) is 9.95. The van der Waals surface area contributed by atoms with Crippen LogP contribution in [0.25, 0.3) is 0 Å². The van der Waals surface area contributed by atoms with Gasteiger partial charge in [0.05, 0.1) is 18.7 Å². The van der Waals surface area contributed by atoms with Crippen molar-refractivity contribution in [2.75, 3.05) is 43.6 Å². The topological polar surface area (TPSA) is 135 Å². The van der Waals surface area contributed by atoms with E-state index in [0.29, 0.717) is 31.8 Å². The number of amides is 2. The molecule has 1 aromatic heterocycles. The summed E-state index contributed by atoms with van der Waals surface area (Å²) in [5.74, 6) is 0.184. The van der Waals surface area contributed by atoms with Crippen LogP contribution in [0.15, 0.2) is 59.4 Å². The third-order valence-electron chi connectivity index (χ3n) is 7.05. The van der Waals surface area contributed by atoms with Crippen LogP contribution < -0.4 is 15.9 Å². The van der Waals surface area contributed by atoms with Crippen molar-refractivity contribution < 1.29 is 19.4 Å². The van der Waals surface area contributed by atoms with E-state index in [-0.39, 0.29) is 28.8 Å². The Morgan fingerprint density at radius 2 is 1.63 bits per heavy atom. The number of piperidine rings is 1. The minimum absolute atomic E-state index is 0.106. The Balaban J connectivity index is 0.000000352. The number of hydrogen-bond acceptors (Lipinski definition) is 8. The Kier molecular flexibility index (Phi) is 11.6. The number of aryl methyl sites for hydroxylation is 1. The van der Waals surface area contributed by atoms with Gasteiger partial charge in [-0.15, -0.1) is 0 Å². The third kappa shape index (κ3) is 8.48. The number of rotatable bonds is 10. The van der Waals surface area contributed by atoms with Gasteiger partial charge in [0.1, 0.15) is 5.75 Å². The number of aromatic nitrogens is 4. The first-order chi connectivity index (χ1) is 19.7. The molecule has 2 amide bonds. The highest BCUT2D eigenvalue weighted by Crippen LogP contribution is 2.34. The Morgan fingerprint density at radius 1 is 1.00 bits per heavy atom. The van der Waals surface area contributed by atoms with E-state index in [4.69, 9.17) is 9.84 Å². The highest BCUT2D eigenvalue weighted by atomic mass is 16.5. The van der Waals surface area contributed by atoms with Crippen molar-refractivity contribution in [3.8, 4) is 5.75 Å². The van der Waals surface area contributed by atoms with E-state index < -0.39 is 0 Å².